The molecule has 162 valence electrons. The van der Waals surface area contributed by atoms with Crippen LogP contribution < -0.4 is 19.5 Å². The highest BCUT2D eigenvalue weighted by molar-refractivity contribution is 7.89. The first-order chi connectivity index (χ1) is 14.3. The molecule has 2 aromatic carbocycles. The fraction of sp³-hybridized carbons (Fsp3) is 0.350. The summed E-state index contributed by atoms with van der Waals surface area (Å²) in [6.07, 6.45) is 3.70. The van der Waals surface area contributed by atoms with Crippen LogP contribution >= 0.6 is 23.2 Å². The number of carbonyl (C=O) groups excluding carboxylic acids is 1. The molecular weight excluding hydrogens is 451 g/mol. The van der Waals surface area contributed by atoms with Crippen molar-refractivity contribution < 1.29 is 22.7 Å². The van der Waals surface area contributed by atoms with Gasteiger partial charge in [0.15, 0.2) is 6.61 Å². The van der Waals surface area contributed by atoms with Gasteiger partial charge in [-0.2, -0.15) is 0 Å². The molecule has 7 nitrogen and oxygen atoms in total. The average Bonchev–Trinajstić information content (AvgIpc) is 3.19. The summed E-state index contributed by atoms with van der Waals surface area (Å²) in [5.41, 5.74) is 0.407. The summed E-state index contributed by atoms with van der Waals surface area (Å²) in [6, 6.07) is 8.93. The van der Waals surface area contributed by atoms with Crippen LogP contribution in [-0.4, -0.2) is 34.1 Å². The lowest BCUT2D eigenvalue weighted by atomic mass is 10.3. The number of anilines is 1. The van der Waals surface area contributed by atoms with Crippen molar-refractivity contribution in [3.8, 4) is 11.5 Å². The van der Waals surface area contributed by atoms with Crippen molar-refractivity contribution in [1.82, 2.24) is 4.72 Å². The van der Waals surface area contributed by atoms with Crippen LogP contribution in [0, 0.1) is 0 Å². The van der Waals surface area contributed by atoms with Crippen molar-refractivity contribution in [2.24, 2.45) is 0 Å². The molecule has 1 aliphatic rings. The number of halogens is 2. The number of carbonyl (C=O) groups is 1. The standard InChI is InChI=1S/C20H22Cl2N2O5S/c1-28-19-8-6-13(21)10-17(19)23-20(25)12-29-18-9-7-15(11-16(18)22)30(26,27)24-14-4-2-3-5-14/h6-11,14,24H,2-5,12H2,1H3,(H,23,25). The molecule has 30 heavy (non-hydrogen) atoms. The summed E-state index contributed by atoms with van der Waals surface area (Å²) in [4.78, 5) is 12.3. The molecule has 0 saturated heterocycles. The molecule has 0 aromatic heterocycles. The SMILES string of the molecule is COc1ccc(Cl)cc1NC(=O)COc1ccc(S(=O)(=O)NC2CCCC2)cc1Cl. The summed E-state index contributed by atoms with van der Waals surface area (Å²) in [7, 11) is -2.18. The highest BCUT2D eigenvalue weighted by atomic mass is 35.5. The minimum atomic E-state index is -3.66. The summed E-state index contributed by atoms with van der Waals surface area (Å²) in [6.45, 7) is -0.332. The summed E-state index contributed by atoms with van der Waals surface area (Å²) in [5, 5.41) is 3.18. The van der Waals surface area contributed by atoms with Crippen molar-refractivity contribution in [2.45, 2.75) is 36.6 Å². The molecule has 0 bridgehead atoms. The third-order valence-electron chi connectivity index (χ3n) is 4.69. The normalized spacial score (nSPS) is 14.5. The van der Waals surface area contributed by atoms with Crippen molar-refractivity contribution in [1.29, 1.82) is 0 Å². The maximum atomic E-state index is 12.5. The van der Waals surface area contributed by atoms with Crippen LogP contribution in [0.5, 0.6) is 11.5 Å². The van der Waals surface area contributed by atoms with Gasteiger partial charge in [-0.05, 0) is 49.2 Å². The van der Waals surface area contributed by atoms with Crippen LogP contribution in [0.25, 0.3) is 0 Å². The monoisotopic (exact) mass is 472 g/mol. The van der Waals surface area contributed by atoms with E-state index in [1.807, 2.05) is 0 Å². The lowest BCUT2D eigenvalue weighted by Crippen LogP contribution is -2.32. The van der Waals surface area contributed by atoms with Gasteiger partial charge in [0.05, 0.1) is 22.7 Å². The van der Waals surface area contributed by atoms with Crippen LogP contribution in [0.4, 0.5) is 5.69 Å². The Morgan fingerprint density at radius 2 is 1.80 bits per heavy atom. The Morgan fingerprint density at radius 1 is 1.10 bits per heavy atom. The lowest BCUT2D eigenvalue weighted by molar-refractivity contribution is -0.118. The zero-order valence-electron chi connectivity index (χ0n) is 16.3. The van der Waals surface area contributed by atoms with E-state index in [0.29, 0.717) is 16.5 Å². The zero-order valence-corrected chi connectivity index (χ0v) is 18.6. The molecule has 0 atom stereocenters. The number of ether oxygens (including phenoxy) is 2. The van der Waals surface area contributed by atoms with E-state index in [-0.39, 0.29) is 28.3 Å². The van der Waals surface area contributed by atoms with Crippen molar-refractivity contribution in [3.63, 3.8) is 0 Å². The van der Waals surface area contributed by atoms with Gasteiger partial charge in [-0.3, -0.25) is 4.79 Å². The Balaban J connectivity index is 1.62. The molecule has 10 heteroatoms. The first-order valence-corrected chi connectivity index (χ1v) is 11.6. The molecule has 2 aromatic rings. The molecule has 0 aliphatic heterocycles. The molecule has 1 saturated carbocycles. The fourth-order valence-corrected chi connectivity index (χ4v) is 5.01. The van der Waals surface area contributed by atoms with Crippen molar-refractivity contribution in [3.05, 3.63) is 46.4 Å². The molecular formula is C20H22Cl2N2O5S. The van der Waals surface area contributed by atoms with Crippen molar-refractivity contribution >= 4 is 44.8 Å². The maximum absolute atomic E-state index is 12.5. The van der Waals surface area contributed by atoms with E-state index in [0.717, 1.165) is 25.7 Å². The van der Waals surface area contributed by atoms with Crippen LogP contribution in [0.3, 0.4) is 0 Å². The number of methoxy groups -OCH3 is 1. The van der Waals surface area contributed by atoms with E-state index in [1.54, 1.807) is 18.2 Å². The fourth-order valence-electron chi connectivity index (χ4n) is 3.20. The van der Waals surface area contributed by atoms with Crippen molar-refractivity contribution in [2.75, 3.05) is 19.0 Å². The second-order valence-corrected chi connectivity index (χ2v) is 9.43. The number of amides is 1. The van der Waals surface area contributed by atoms with E-state index >= 15 is 0 Å². The Labute approximate surface area is 185 Å². The summed E-state index contributed by atoms with van der Waals surface area (Å²) in [5.74, 6) is 0.200. The van der Waals surface area contributed by atoms with Gasteiger partial charge in [-0.15, -0.1) is 0 Å². The highest BCUT2D eigenvalue weighted by Gasteiger charge is 2.23. The Bertz CT molecular complexity index is 1020. The van der Waals surface area contributed by atoms with Gasteiger partial charge >= 0.3 is 0 Å². The minimum absolute atomic E-state index is 0.0446. The van der Waals surface area contributed by atoms with E-state index in [4.69, 9.17) is 32.7 Å². The second-order valence-electron chi connectivity index (χ2n) is 6.88. The number of sulfonamides is 1. The van der Waals surface area contributed by atoms with Gasteiger partial charge in [0.2, 0.25) is 10.0 Å². The molecule has 0 radical (unpaired) electrons. The van der Waals surface area contributed by atoms with Crippen LogP contribution in [0.2, 0.25) is 10.0 Å². The Hall–Kier alpha value is -2.00. The number of hydrogen-bond acceptors (Lipinski definition) is 5. The summed E-state index contributed by atoms with van der Waals surface area (Å²) < 4.78 is 38.3. The summed E-state index contributed by atoms with van der Waals surface area (Å²) >= 11 is 12.1. The Kier molecular flexibility index (Phi) is 7.46. The number of hydrogen-bond donors (Lipinski definition) is 2. The molecule has 0 unspecified atom stereocenters. The molecule has 1 amide bonds. The largest absolute Gasteiger partial charge is 0.495 e. The number of nitrogens with one attached hydrogen (secondary N) is 2. The third kappa shape index (κ3) is 5.78. The first-order valence-electron chi connectivity index (χ1n) is 9.36. The van der Waals surface area contributed by atoms with Gasteiger partial charge < -0.3 is 14.8 Å². The van der Waals surface area contributed by atoms with Crippen LogP contribution in [0.15, 0.2) is 41.3 Å². The highest BCUT2D eigenvalue weighted by Crippen LogP contribution is 2.29. The predicted octanol–water partition coefficient (Wildman–Crippen LogP) is 4.24. The number of rotatable bonds is 8. The predicted molar refractivity (Wildman–Crippen MR) is 116 cm³/mol. The topological polar surface area (TPSA) is 93.7 Å². The molecule has 0 heterocycles. The lowest BCUT2D eigenvalue weighted by Gasteiger charge is -2.14. The quantitative estimate of drug-likeness (QED) is 0.598. The smallest absolute Gasteiger partial charge is 0.262 e. The van der Waals surface area contributed by atoms with Gasteiger partial charge in [0, 0.05) is 11.1 Å². The maximum Gasteiger partial charge on any atom is 0.262 e. The Morgan fingerprint density at radius 3 is 2.47 bits per heavy atom. The third-order valence-corrected chi connectivity index (χ3v) is 6.73. The van der Waals surface area contributed by atoms with Gasteiger partial charge in [-0.25, -0.2) is 13.1 Å². The second kappa shape index (κ2) is 9.87. The zero-order chi connectivity index (χ0) is 21.7. The van der Waals surface area contributed by atoms with Crippen LogP contribution in [0.1, 0.15) is 25.7 Å². The van der Waals surface area contributed by atoms with E-state index in [9.17, 15) is 13.2 Å². The van der Waals surface area contributed by atoms with Gasteiger partial charge in [-0.1, -0.05) is 36.0 Å². The number of benzene rings is 2. The molecule has 1 aliphatic carbocycles. The molecule has 1 fully saturated rings. The first kappa shape index (κ1) is 22.7. The minimum Gasteiger partial charge on any atom is -0.495 e. The van der Waals surface area contributed by atoms with E-state index in [2.05, 4.69) is 10.0 Å². The molecule has 3 rings (SSSR count). The average molecular weight is 473 g/mol. The molecule has 2 N–H and O–H groups in total. The van der Waals surface area contributed by atoms with Gasteiger partial charge in [0.25, 0.3) is 5.91 Å². The van der Waals surface area contributed by atoms with Crippen LogP contribution in [-0.2, 0) is 14.8 Å². The van der Waals surface area contributed by atoms with E-state index in [1.165, 1.54) is 25.3 Å². The molecule has 0 spiro atoms. The van der Waals surface area contributed by atoms with E-state index < -0.39 is 15.9 Å². The van der Waals surface area contributed by atoms with Gasteiger partial charge in [0.1, 0.15) is 11.5 Å².